The van der Waals surface area contributed by atoms with Crippen molar-refractivity contribution in [2.45, 2.75) is 24.0 Å². The van der Waals surface area contributed by atoms with Crippen molar-refractivity contribution in [3.63, 3.8) is 0 Å². The fourth-order valence-corrected chi connectivity index (χ4v) is 5.65. The maximum absolute atomic E-state index is 12.6. The highest BCUT2D eigenvalue weighted by Crippen LogP contribution is 2.29. The summed E-state index contributed by atoms with van der Waals surface area (Å²) < 4.78 is 32.3. The number of aromatic nitrogens is 1. The van der Waals surface area contributed by atoms with Crippen molar-refractivity contribution >= 4 is 43.9 Å². The Morgan fingerprint density at radius 3 is 2.57 bits per heavy atom. The van der Waals surface area contributed by atoms with Crippen molar-refractivity contribution in [3.05, 3.63) is 30.0 Å². The molecule has 1 fully saturated rings. The van der Waals surface area contributed by atoms with Crippen LogP contribution in [0, 0.1) is 6.92 Å². The van der Waals surface area contributed by atoms with Crippen LogP contribution >= 0.6 is 11.3 Å². The molecule has 2 N–H and O–H groups in total. The zero-order valence-electron chi connectivity index (χ0n) is 17.3. The Bertz CT molecular complexity index is 969. The van der Waals surface area contributed by atoms with Crippen LogP contribution < -0.4 is 19.8 Å². The lowest BCUT2D eigenvalue weighted by Gasteiger charge is -2.18. The molecule has 0 bridgehead atoms. The van der Waals surface area contributed by atoms with Crippen LogP contribution in [0.3, 0.4) is 0 Å². The number of amides is 2. The number of ether oxygens (including phenoxy) is 1. The number of urea groups is 1. The van der Waals surface area contributed by atoms with Crippen LogP contribution in [0.15, 0.2) is 28.5 Å². The number of sulfonamides is 1. The Labute approximate surface area is 181 Å². The molecule has 11 heteroatoms. The monoisotopic (exact) mass is 453 g/mol. The van der Waals surface area contributed by atoms with Crippen molar-refractivity contribution in [1.82, 2.24) is 9.71 Å². The normalized spacial score (nSPS) is 14.2. The first-order valence-electron chi connectivity index (χ1n) is 9.67. The van der Waals surface area contributed by atoms with Crippen molar-refractivity contribution in [1.29, 1.82) is 0 Å². The van der Waals surface area contributed by atoms with Gasteiger partial charge in [-0.25, -0.2) is 22.9 Å². The molecule has 0 saturated carbocycles. The number of thiazole rings is 1. The summed E-state index contributed by atoms with van der Waals surface area (Å²) in [6.45, 7) is 4.15. The second-order valence-electron chi connectivity index (χ2n) is 6.99. The van der Waals surface area contributed by atoms with Gasteiger partial charge in [-0.1, -0.05) is 11.3 Å². The molecule has 3 rings (SSSR count). The summed E-state index contributed by atoms with van der Waals surface area (Å²) >= 11 is 0.947. The van der Waals surface area contributed by atoms with E-state index < -0.39 is 16.1 Å². The van der Waals surface area contributed by atoms with Crippen LogP contribution in [0.4, 0.5) is 21.3 Å². The van der Waals surface area contributed by atoms with E-state index in [-0.39, 0.29) is 17.4 Å². The highest BCUT2D eigenvalue weighted by Gasteiger charge is 2.24. The molecule has 1 saturated heterocycles. The number of carbonyl (C=O) groups is 1. The molecule has 164 valence electrons. The van der Waals surface area contributed by atoms with Crippen molar-refractivity contribution < 1.29 is 17.9 Å². The SMILES string of the molecule is COCCNS(=O)(=O)c1sc(N(C)C(=O)Nc2ccc(N3CCCC3)cc2)nc1C. The summed E-state index contributed by atoms with van der Waals surface area (Å²) in [5.41, 5.74) is 2.15. The molecule has 0 unspecified atom stereocenters. The number of aryl methyl sites for hydroxylation is 1. The minimum absolute atomic E-state index is 0.0863. The van der Waals surface area contributed by atoms with Gasteiger partial charge in [-0.05, 0) is 44.0 Å². The molecule has 1 aliphatic rings. The maximum Gasteiger partial charge on any atom is 0.327 e. The van der Waals surface area contributed by atoms with E-state index >= 15 is 0 Å². The summed E-state index contributed by atoms with van der Waals surface area (Å²) in [4.78, 5) is 20.5. The third-order valence-electron chi connectivity index (χ3n) is 4.77. The largest absolute Gasteiger partial charge is 0.383 e. The van der Waals surface area contributed by atoms with E-state index in [4.69, 9.17) is 4.74 Å². The van der Waals surface area contributed by atoms with Gasteiger partial charge in [-0.3, -0.25) is 4.90 Å². The van der Waals surface area contributed by atoms with Crippen LogP contribution in [-0.4, -0.2) is 59.8 Å². The Morgan fingerprint density at radius 2 is 1.93 bits per heavy atom. The number of hydrogen-bond donors (Lipinski definition) is 2. The van der Waals surface area contributed by atoms with Crippen LogP contribution in [0.5, 0.6) is 0 Å². The Balaban J connectivity index is 1.66. The molecule has 0 spiro atoms. The van der Waals surface area contributed by atoms with Crippen molar-refractivity contribution in [2.24, 2.45) is 0 Å². The summed E-state index contributed by atoms with van der Waals surface area (Å²) in [7, 11) is -0.656. The molecule has 2 aromatic rings. The zero-order chi connectivity index (χ0) is 21.7. The predicted octanol–water partition coefficient (Wildman–Crippen LogP) is 2.64. The van der Waals surface area contributed by atoms with Gasteiger partial charge in [0.15, 0.2) is 9.34 Å². The lowest BCUT2D eigenvalue weighted by atomic mass is 10.2. The lowest BCUT2D eigenvalue weighted by Crippen LogP contribution is -2.31. The third kappa shape index (κ3) is 5.28. The molecule has 0 radical (unpaired) electrons. The first kappa shape index (κ1) is 22.5. The third-order valence-corrected chi connectivity index (χ3v) is 8.07. The average molecular weight is 454 g/mol. The number of methoxy groups -OCH3 is 1. The number of nitrogens with zero attached hydrogens (tertiary/aromatic N) is 3. The standard InChI is InChI=1S/C19H27N5O4S2/c1-14-17(30(26,27)20-10-13-28-3)29-19(21-14)23(2)18(25)22-15-6-8-16(9-7-15)24-11-4-5-12-24/h6-9,20H,4-5,10-13H2,1-3H3,(H,22,25). The van der Waals surface area contributed by atoms with Crippen LogP contribution in [0.25, 0.3) is 0 Å². The average Bonchev–Trinajstić information content (AvgIpc) is 3.38. The summed E-state index contributed by atoms with van der Waals surface area (Å²) in [6, 6.07) is 7.31. The number of benzene rings is 1. The molecule has 30 heavy (non-hydrogen) atoms. The highest BCUT2D eigenvalue weighted by molar-refractivity contribution is 7.91. The summed E-state index contributed by atoms with van der Waals surface area (Å²) in [6.07, 6.45) is 2.41. The van der Waals surface area contributed by atoms with Gasteiger partial charge in [-0.15, -0.1) is 0 Å². The van der Waals surface area contributed by atoms with Crippen LogP contribution in [-0.2, 0) is 14.8 Å². The molecule has 2 amide bonds. The van der Waals surface area contributed by atoms with E-state index in [1.807, 2.05) is 24.3 Å². The Morgan fingerprint density at radius 1 is 1.27 bits per heavy atom. The molecule has 1 aliphatic heterocycles. The smallest absolute Gasteiger partial charge is 0.327 e. The number of hydrogen-bond acceptors (Lipinski definition) is 7. The topological polar surface area (TPSA) is 104 Å². The maximum atomic E-state index is 12.6. The minimum Gasteiger partial charge on any atom is -0.383 e. The van der Waals surface area contributed by atoms with E-state index in [1.54, 1.807) is 14.0 Å². The predicted molar refractivity (Wildman–Crippen MR) is 119 cm³/mol. The van der Waals surface area contributed by atoms with Gasteiger partial charge in [0.2, 0.25) is 0 Å². The van der Waals surface area contributed by atoms with E-state index in [0.717, 1.165) is 30.1 Å². The Hall–Kier alpha value is -2.21. The molecule has 2 heterocycles. The van der Waals surface area contributed by atoms with Gasteiger partial charge in [0.25, 0.3) is 10.0 Å². The number of rotatable bonds is 8. The first-order valence-corrected chi connectivity index (χ1v) is 12.0. The molecule has 9 nitrogen and oxygen atoms in total. The molecule has 1 aromatic carbocycles. The van der Waals surface area contributed by atoms with Crippen LogP contribution in [0.2, 0.25) is 0 Å². The summed E-state index contributed by atoms with van der Waals surface area (Å²) in [5, 5.41) is 3.12. The fourth-order valence-electron chi connectivity index (χ4n) is 3.13. The van der Waals surface area contributed by atoms with E-state index in [0.29, 0.717) is 16.5 Å². The molecular formula is C19H27N5O4S2. The lowest BCUT2D eigenvalue weighted by molar-refractivity contribution is 0.204. The highest BCUT2D eigenvalue weighted by atomic mass is 32.2. The number of carbonyl (C=O) groups excluding carboxylic acids is 1. The van der Waals surface area contributed by atoms with Gasteiger partial charge < -0.3 is 15.0 Å². The van der Waals surface area contributed by atoms with Gasteiger partial charge in [0.05, 0.1) is 12.3 Å². The quantitative estimate of drug-likeness (QED) is 0.596. The van der Waals surface area contributed by atoms with Gasteiger partial charge in [-0.2, -0.15) is 0 Å². The second kappa shape index (κ2) is 9.73. The fraction of sp³-hybridized carbons (Fsp3) is 0.474. The van der Waals surface area contributed by atoms with Gasteiger partial charge in [0, 0.05) is 45.2 Å². The van der Waals surface area contributed by atoms with Gasteiger partial charge >= 0.3 is 6.03 Å². The second-order valence-corrected chi connectivity index (χ2v) is 9.93. The Kier molecular flexibility index (Phi) is 7.29. The van der Waals surface area contributed by atoms with Crippen LogP contribution in [0.1, 0.15) is 18.5 Å². The molecule has 1 aromatic heterocycles. The molecule has 0 atom stereocenters. The minimum atomic E-state index is -3.71. The molecule has 0 aliphatic carbocycles. The van der Waals surface area contributed by atoms with E-state index in [9.17, 15) is 13.2 Å². The van der Waals surface area contributed by atoms with E-state index in [2.05, 4.69) is 19.9 Å². The number of anilines is 3. The summed E-state index contributed by atoms with van der Waals surface area (Å²) in [5.74, 6) is 0. The van der Waals surface area contributed by atoms with Gasteiger partial charge in [0.1, 0.15) is 0 Å². The molecular weight excluding hydrogens is 426 g/mol. The first-order chi connectivity index (χ1) is 14.3. The van der Waals surface area contributed by atoms with Crippen molar-refractivity contribution in [3.8, 4) is 0 Å². The van der Waals surface area contributed by atoms with Crippen molar-refractivity contribution in [2.75, 3.05) is 55.5 Å². The number of nitrogens with one attached hydrogen (secondary N) is 2. The zero-order valence-corrected chi connectivity index (χ0v) is 19.0. The van der Waals surface area contributed by atoms with E-state index in [1.165, 1.54) is 24.9 Å².